The van der Waals surface area contributed by atoms with E-state index in [4.69, 9.17) is 23.2 Å². The first-order valence-electron chi connectivity index (χ1n) is 9.18. The standard InChI is InChI=1S/C22H16Cl2N2O4S/c1-13-6-9-15(10-7-13)31(29,30)26-19-11-8-14(2)12-16(19)21(27)25(26)22(28)20-17(23)4-3-5-18(20)24/h3-12H,1-2H3. The van der Waals surface area contributed by atoms with Crippen LogP contribution in [-0.2, 0) is 10.0 Å². The molecule has 0 saturated heterocycles. The largest absolute Gasteiger partial charge is 0.283 e. The van der Waals surface area contributed by atoms with Crippen LogP contribution in [0.15, 0.2) is 70.4 Å². The minimum atomic E-state index is -4.31. The molecule has 1 aromatic heterocycles. The molecule has 0 saturated carbocycles. The number of fused-ring (bicyclic) bond motifs is 1. The molecule has 0 spiro atoms. The molecule has 158 valence electrons. The zero-order valence-electron chi connectivity index (χ0n) is 16.5. The first-order valence-corrected chi connectivity index (χ1v) is 11.4. The molecule has 0 unspecified atom stereocenters. The van der Waals surface area contributed by atoms with Gasteiger partial charge < -0.3 is 0 Å². The number of hydrogen-bond donors (Lipinski definition) is 0. The molecule has 0 radical (unpaired) electrons. The lowest BCUT2D eigenvalue weighted by molar-refractivity contribution is 0.0937. The Balaban J connectivity index is 2.11. The van der Waals surface area contributed by atoms with Crippen LogP contribution in [-0.4, -0.2) is 23.1 Å². The van der Waals surface area contributed by atoms with E-state index in [1.165, 1.54) is 36.4 Å². The maximum Gasteiger partial charge on any atom is 0.283 e. The molecule has 0 N–H and O–H groups in total. The van der Waals surface area contributed by atoms with E-state index in [0.29, 0.717) is 4.68 Å². The number of halogens is 2. The summed E-state index contributed by atoms with van der Waals surface area (Å²) in [5, 5.41) is 0.0995. The van der Waals surface area contributed by atoms with Crippen LogP contribution in [0, 0.1) is 13.8 Å². The summed E-state index contributed by atoms with van der Waals surface area (Å²) >= 11 is 12.3. The predicted octanol–water partition coefficient (Wildman–Crippen LogP) is 4.65. The van der Waals surface area contributed by atoms with E-state index in [2.05, 4.69) is 0 Å². The van der Waals surface area contributed by atoms with Crippen LogP contribution < -0.4 is 5.56 Å². The Morgan fingerprint density at radius 3 is 2.06 bits per heavy atom. The first kappa shape index (κ1) is 21.4. The van der Waals surface area contributed by atoms with Crippen molar-refractivity contribution in [2.45, 2.75) is 18.7 Å². The van der Waals surface area contributed by atoms with Gasteiger partial charge in [0.2, 0.25) is 0 Å². The van der Waals surface area contributed by atoms with Crippen molar-refractivity contribution in [3.05, 3.63) is 97.8 Å². The summed E-state index contributed by atoms with van der Waals surface area (Å²) in [6.07, 6.45) is 0. The minimum Gasteiger partial charge on any atom is -0.267 e. The normalized spacial score (nSPS) is 11.7. The van der Waals surface area contributed by atoms with Gasteiger partial charge in [0.15, 0.2) is 0 Å². The van der Waals surface area contributed by atoms with Crippen LogP contribution in [0.25, 0.3) is 10.9 Å². The van der Waals surface area contributed by atoms with Crippen molar-refractivity contribution in [1.82, 2.24) is 8.77 Å². The van der Waals surface area contributed by atoms with Crippen LogP contribution >= 0.6 is 23.2 Å². The summed E-state index contributed by atoms with van der Waals surface area (Å²) in [6.45, 7) is 3.59. The second-order valence-corrected chi connectivity index (χ2v) is 9.68. The fraction of sp³-hybridized carbons (Fsp3) is 0.0909. The van der Waals surface area contributed by atoms with Gasteiger partial charge in [-0.1, -0.05) is 58.6 Å². The Labute approximate surface area is 188 Å². The van der Waals surface area contributed by atoms with E-state index < -0.39 is 21.5 Å². The summed E-state index contributed by atoms with van der Waals surface area (Å²) in [7, 11) is -4.31. The molecule has 0 aliphatic heterocycles. The molecule has 31 heavy (non-hydrogen) atoms. The molecule has 0 bridgehead atoms. The van der Waals surface area contributed by atoms with Crippen molar-refractivity contribution in [3.8, 4) is 0 Å². The number of carbonyl (C=O) groups excluding carboxylic acids is 1. The van der Waals surface area contributed by atoms with E-state index in [1.807, 2.05) is 6.92 Å². The van der Waals surface area contributed by atoms with Crippen LogP contribution in [0.3, 0.4) is 0 Å². The molecule has 9 heteroatoms. The van der Waals surface area contributed by atoms with Gasteiger partial charge in [0.25, 0.3) is 21.5 Å². The fourth-order valence-corrected chi connectivity index (χ4v) is 5.34. The molecular weight excluding hydrogens is 459 g/mol. The number of carbonyl (C=O) groups is 1. The van der Waals surface area contributed by atoms with Crippen molar-refractivity contribution < 1.29 is 13.2 Å². The summed E-state index contributed by atoms with van der Waals surface area (Å²) in [5.41, 5.74) is 0.740. The van der Waals surface area contributed by atoms with E-state index in [9.17, 15) is 18.0 Å². The molecule has 4 rings (SSSR count). The van der Waals surface area contributed by atoms with Crippen molar-refractivity contribution in [2.24, 2.45) is 0 Å². The molecule has 1 heterocycles. The molecule has 0 amide bonds. The molecular formula is C22H16Cl2N2O4S. The number of aromatic nitrogens is 2. The summed E-state index contributed by atoms with van der Waals surface area (Å²) in [5.74, 6) is -0.940. The summed E-state index contributed by atoms with van der Waals surface area (Å²) < 4.78 is 28.4. The van der Waals surface area contributed by atoms with Gasteiger partial charge in [-0.2, -0.15) is 17.2 Å². The van der Waals surface area contributed by atoms with Gasteiger partial charge in [-0.05, 0) is 50.2 Å². The van der Waals surface area contributed by atoms with E-state index in [-0.39, 0.29) is 31.4 Å². The van der Waals surface area contributed by atoms with Crippen LogP contribution in [0.5, 0.6) is 0 Å². The average molecular weight is 475 g/mol. The summed E-state index contributed by atoms with van der Waals surface area (Å²) in [6, 6.07) is 15.3. The van der Waals surface area contributed by atoms with Gasteiger partial charge in [0.05, 0.1) is 31.4 Å². The van der Waals surface area contributed by atoms with E-state index in [1.54, 1.807) is 31.2 Å². The molecule has 4 aromatic rings. The number of benzene rings is 3. The summed E-state index contributed by atoms with van der Waals surface area (Å²) in [4.78, 5) is 26.6. The monoisotopic (exact) mass is 474 g/mol. The van der Waals surface area contributed by atoms with E-state index >= 15 is 0 Å². The molecule has 6 nitrogen and oxygen atoms in total. The van der Waals surface area contributed by atoms with Crippen LogP contribution in [0.4, 0.5) is 0 Å². The van der Waals surface area contributed by atoms with Crippen molar-refractivity contribution in [3.63, 3.8) is 0 Å². The lowest BCUT2D eigenvalue weighted by Gasteiger charge is -2.14. The van der Waals surface area contributed by atoms with Crippen molar-refractivity contribution in [2.75, 3.05) is 0 Å². The first-order chi connectivity index (χ1) is 14.6. The van der Waals surface area contributed by atoms with Crippen LogP contribution in [0.1, 0.15) is 21.5 Å². The predicted molar refractivity (Wildman–Crippen MR) is 121 cm³/mol. The van der Waals surface area contributed by atoms with Gasteiger partial charge in [0, 0.05) is 0 Å². The van der Waals surface area contributed by atoms with Crippen LogP contribution in [0.2, 0.25) is 10.0 Å². The fourth-order valence-electron chi connectivity index (χ4n) is 3.32. The second-order valence-electron chi connectivity index (χ2n) is 7.10. The average Bonchev–Trinajstić information content (AvgIpc) is 3.01. The van der Waals surface area contributed by atoms with Crippen molar-refractivity contribution >= 4 is 50.0 Å². The lowest BCUT2D eigenvalue weighted by atomic mass is 10.2. The quantitative estimate of drug-likeness (QED) is 0.432. The van der Waals surface area contributed by atoms with Crippen molar-refractivity contribution in [1.29, 1.82) is 0 Å². The maximum atomic E-state index is 13.6. The second kappa shape index (κ2) is 7.67. The van der Waals surface area contributed by atoms with Gasteiger partial charge in [-0.3, -0.25) is 9.59 Å². The maximum absolute atomic E-state index is 13.6. The molecule has 0 aliphatic rings. The minimum absolute atomic E-state index is 0.00474. The molecule has 0 aliphatic carbocycles. The SMILES string of the molecule is Cc1ccc(S(=O)(=O)n2c3ccc(C)cc3c(=O)n2C(=O)c2c(Cl)cccc2Cl)cc1. The molecule has 0 atom stereocenters. The Morgan fingerprint density at radius 2 is 1.45 bits per heavy atom. The zero-order valence-corrected chi connectivity index (χ0v) is 18.8. The molecule has 0 fully saturated rings. The number of nitrogens with zero attached hydrogens (tertiary/aromatic N) is 2. The number of hydrogen-bond acceptors (Lipinski definition) is 4. The smallest absolute Gasteiger partial charge is 0.267 e. The number of aryl methyl sites for hydroxylation is 2. The third-order valence-electron chi connectivity index (χ3n) is 4.88. The van der Waals surface area contributed by atoms with Gasteiger partial charge >= 0.3 is 0 Å². The van der Waals surface area contributed by atoms with E-state index in [0.717, 1.165) is 15.2 Å². The third kappa shape index (κ3) is 3.48. The van der Waals surface area contributed by atoms with Gasteiger partial charge in [-0.25, -0.2) is 0 Å². The Morgan fingerprint density at radius 1 is 0.871 bits per heavy atom. The Bertz CT molecular complexity index is 1500. The highest BCUT2D eigenvalue weighted by atomic mass is 35.5. The molecule has 3 aromatic carbocycles. The lowest BCUT2D eigenvalue weighted by Crippen LogP contribution is -2.34. The van der Waals surface area contributed by atoms with Gasteiger partial charge in [0.1, 0.15) is 0 Å². The zero-order chi connectivity index (χ0) is 22.5. The Kier molecular flexibility index (Phi) is 5.29. The highest BCUT2D eigenvalue weighted by Crippen LogP contribution is 2.27. The van der Waals surface area contributed by atoms with Gasteiger partial charge in [-0.15, -0.1) is 0 Å². The third-order valence-corrected chi connectivity index (χ3v) is 7.19. The Hall–Kier alpha value is -2.87. The topological polar surface area (TPSA) is 78.1 Å². The highest BCUT2D eigenvalue weighted by molar-refractivity contribution is 7.90. The number of rotatable bonds is 3. The highest BCUT2D eigenvalue weighted by Gasteiger charge is 2.30.